The largest absolute Gasteiger partial charge is 0.396 e. The fourth-order valence-corrected chi connectivity index (χ4v) is 1.86. The van der Waals surface area contributed by atoms with Gasteiger partial charge in [0.05, 0.1) is 9.95 Å². The fourth-order valence-electron chi connectivity index (χ4n) is 1.61. The summed E-state index contributed by atoms with van der Waals surface area (Å²) in [7, 11) is 0. The molecule has 1 heterocycles. The van der Waals surface area contributed by atoms with Crippen molar-refractivity contribution in [3.63, 3.8) is 0 Å². The minimum absolute atomic E-state index is 0.0374. The Bertz CT molecular complexity index is 569. The summed E-state index contributed by atoms with van der Waals surface area (Å²) in [5.41, 5.74) is 0.456. The molecule has 0 radical (unpaired) electrons. The van der Waals surface area contributed by atoms with E-state index < -0.39 is 4.92 Å². The normalized spacial score (nSPS) is 10.9. The number of fused-ring (bicyclic) bond motifs is 1. The first-order valence-corrected chi connectivity index (χ1v) is 5.22. The first kappa shape index (κ1) is 11.7. The van der Waals surface area contributed by atoms with E-state index in [-0.39, 0.29) is 28.4 Å². The Hall–Kier alpha value is -1.73. The van der Waals surface area contributed by atoms with Crippen LogP contribution in [0.5, 0.6) is 0 Å². The number of hydrogen-bond acceptors (Lipinski definition) is 6. The van der Waals surface area contributed by atoms with E-state index in [4.69, 9.17) is 16.7 Å². The average Bonchev–Trinajstić information content (AvgIpc) is 2.74. The summed E-state index contributed by atoms with van der Waals surface area (Å²) in [5.74, 6) is 0. The lowest BCUT2D eigenvalue weighted by molar-refractivity contribution is -0.384. The molecule has 0 amide bonds. The van der Waals surface area contributed by atoms with Crippen LogP contribution in [-0.2, 0) is 6.42 Å². The summed E-state index contributed by atoms with van der Waals surface area (Å²) in [6, 6.07) is 1.46. The number of aryl methyl sites for hydroxylation is 1. The van der Waals surface area contributed by atoms with Crippen molar-refractivity contribution in [1.29, 1.82) is 0 Å². The highest BCUT2D eigenvalue weighted by atomic mass is 35.5. The third-order valence-electron chi connectivity index (χ3n) is 2.33. The van der Waals surface area contributed by atoms with Crippen LogP contribution in [0.4, 0.5) is 5.69 Å². The predicted molar refractivity (Wildman–Crippen MR) is 58.9 cm³/mol. The zero-order chi connectivity index (χ0) is 12.4. The lowest BCUT2D eigenvalue weighted by Crippen LogP contribution is -1.99. The molecule has 0 aliphatic carbocycles. The fraction of sp³-hybridized carbons (Fsp3) is 0.333. The zero-order valence-corrected chi connectivity index (χ0v) is 9.35. The smallest absolute Gasteiger partial charge is 0.304 e. The second-order valence-electron chi connectivity index (χ2n) is 3.41. The van der Waals surface area contributed by atoms with E-state index in [1.54, 1.807) is 0 Å². The van der Waals surface area contributed by atoms with Crippen LogP contribution < -0.4 is 0 Å². The van der Waals surface area contributed by atoms with E-state index in [1.165, 1.54) is 6.07 Å². The summed E-state index contributed by atoms with van der Waals surface area (Å²) < 4.78 is 4.46. The Morgan fingerprint density at radius 2 is 2.18 bits per heavy atom. The second-order valence-corrected chi connectivity index (χ2v) is 3.82. The molecule has 90 valence electrons. The molecule has 0 atom stereocenters. The van der Waals surface area contributed by atoms with Crippen LogP contribution in [0, 0.1) is 10.1 Å². The zero-order valence-electron chi connectivity index (χ0n) is 8.59. The number of benzene rings is 1. The van der Waals surface area contributed by atoms with Crippen molar-refractivity contribution >= 4 is 28.3 Å². The van der Waals surface area contributed by atoms with Crippen LogP contribution in [0.15, 0.2) is 10.7 Å². The average molecular weight is 258 g/mol. The van der Waals surface area contributed by atoms with Gasteiger partial charge in [-0.3, -0.25) is 10.1 Å². The molecular weight excluding hydrogens is 250 g/mol. The molecule has 7 nitrogen and oxygen atoms in total. The molecule has 1 aromatic carbocycles. The van der Waals surface area contributed by atoms with Gasteiger partial charge in [0.2, 0.25) is 5.52 Å². The molecule has 2 rings (SSSR count). The van der Waals surface area contributed by atoms with Gasteiger partial charge in [-0.2, -0.15) is 0 Å². The summed E-state index contributed by atoms with van der Waals surface area (Å²) >= 11 is 5.91. The second kappa shape index (κ2) is 4.64. The van der Waals surface area contributed by atoms with Gasteiger partial charge in [0.15, 0.2) is 5.52 Å². The number of aromatic nitrogens is 2. The van der Waals surface area contributed by atoms with Crippen molar-refractivity contribution in [3.8, 4) is 0 Å². The van der Waals surface area contributed by atoms with E-state index in [9.17, 15) is 10.1 Å². The molecule has 0 aliphatic rings. The molecule has 2 aromatic rings. The Kier molecular flexibility index (Phi) is 3.21. The highest BCUT2D eigenvalue weighted by molar-refractivity contribution is 6.35. The Morgan fingerprint density at radius 3 is 2.82 bits per heavy atom. The standard InChI is InChI=1S/C9H8ClN3O4/c10-6-4-5(2-1-3-14)9(13(15)16)8-7(6)11-17-12-8/h4,14H,1-3H2. The summed E-state index contributed by atoms with van der Waals surface area (Å²) in [6.45, 7) is -0.0517. The van der Waals surface area contributed by atoms with Gasteiger partial charge in [0, 0.05) is 12.2 Å². The van der Waals surface area contributed by atoms with Crippen molar-refractivity contribution in [2.75, 3.05) is 6.61 Å². The van der Waals surface area contributed by atoms with Crippen LogP contribution in [0.25, 0.3) is 11.0 Å². The highest BCUT2D eigenvalue weighted by Gasteiger charge is 2.24. The van der Waals surface area contributed by atoms with E-state index >= 15 is 0 Å². The molecule has 0 fully saturated rings. The van der Waals surface area contributed by atoms with Crippen LogP contribution in [0.3, 0.4) is 0 Å². The molecule has 8 heteroatoms. The van der Waals surface area contributed by atoms with Gasteiger partial charge in [0.25, 0.3) is 0 Å². The molecule has 0 bridgehead atoms. The number of hydrogen-bond donors (Lipinski definition) is 1. The van der Waals surface area contributed by atoms with Gasteiger partial charge in [-0.05, 0) is 29.2 Å². The van der Waals surface area contributed by atoms with Crippen LogP contribution in [0.1, 0.15) is 12.0 Å². The van der Waals surface area contributed by atoms with Crippen LogP contribution in [0.2, 0.25) is 5.02 Å². The lowest BCUT2D eigenvalue weighted by atomic mass is 10.1. The number of nitro benzene ring substituents is 1. The third kappa shape index (κ3) is 2.06. The van der Waals surface area contributed by atoms with E-state index in [1.807, 2.05) is 0 Å². The van der Waals surface area contributed by atoms with E-state index in [2.05, 4.69) is 14.9 Å². The number of nitro groups is 1. The minimum Gasteiger partial charge on any atom is -0.396 e. The molecule has 0 aliphatic heterocycles. The molecule has 0 unspecified atom stereocenters. The van der Waals surface area contributed by atoms with Gasteiger partial charge < -0.3 is 5.11 Å². The van der Waals surface area contributed by atoms with Gasteiger partial charge in [-0.25, -0.2) is 4.63 Å². The first-order valence-electron chi connectivity index (χ1n) is 4.84. The summed E-state index contributed by atoms with van der Waals surface area (Å²) in [6.07, 6.45) is 0.753. The van der Waals surface area contributed by atoms with Gasteiger partial charge in [-0.15, -0.1) is 0 Å². The van der Waals surface area contributed by atoms with Gasteiger partial charge in [0.1, 0.15) is 0 Å². The molecule has 17 heavy (non-hydrogen) atoms. The number of rotatable bonds is 4. The van der Waals surface area contributed by atoms with E-state index in [0.717, 1.165) is 0 Å². The Labute approximate surface area is 100 Å². The van der Waals surface area contributed by atoms with Crippen molar-refractivity contribution in [2.45, 2.75) is 12.8 Å². The van der Waals surface area contributed by atoms with Crippen molar-refractivity contribution in [1.82, 2.24) is 10.3 Å². The monoisotopic (exact) mass is 257 g/mol. The van der Waals surface area contributed by atoms with Crippen molar-refractivity contribution < 1.29 is 14.7 Å². The minimum atomic E-state index is -0.546. The molecule has 1 N–H and O–H groups in total. The first-order chi connectivity index (χ1) is 8.15. The summed E-state index contributed by atoms with van der Waals surface area (Å²) in [5, 5.41) is 27.0. The van der Waals surface area contributed by atoms with Crippen molar-refractivity contribution in [3.05, 3.63) is 26.8 Å². The molecule has 0 spiro atoms. The molecule has 0 saturated carbocycles. The Balaban J connectivity index is 2.64. The lowest BCUT2D eigenvalue weighted by Gasteiger charge is -2.02. The maximum Gasteiger partial charge on any atom is 0.304 e. The van der Waals surface area contributed by atoms with Gasteiger partial charge in [-0.1, -0.05) is 11.6 Å². The van der Waals surface area contributed by atoms with E-state index in [0.29, 0.717) is 18.4 Å². The predicted octanol–water partition coefficient (Wildman–Crippen LogP) is 1.71. The van der Waals surface area contributed by atoms with Crippen molar-refractivity contribution in [2.24, 2.45) is 0 Å². The molecular formula is C9H8ClN3O4. The third-order valence-corrected chi connectivity index (χ3v) is 2.62. The van der Waals surface area contributed by atoms with Gasteiger partial charge >= 0.3 is 5.69 Å². The van der Waals surface area contributed by atoms with Crippen LogP contribution in [-0.4, -0.2) is 27.0 Å². The number of nitrogens with zero attached hydrogens (tertiary/aromatic N) is 3. The topological polar surface area (TPSA) is 102 Å². The van der Waals surface area contributed by atoms with Crippen LogP contribution >= 0.6 is 11.6 Å². The number of halogens is 1. The number of aliphatic hydroxyl groups is 1. The maximum absolute atomic E-state index is 11.0. The molecule has 1 aromatic heterocycles. The highest BCUT2D eigenvalue weighted by Crippen LogP contribution is 2.33. The Morgan fingerprint density at radius 1 is 1.47 bits per heavy atom. The quantitative estimate of drug-likeness (QED) is 0.661. The summed E-state index contributed by atoms with van der Waals surface area (Å²) in [4.78, 5) is 10.5. The number of aliphatic hydroxyl groups excluding tert-OH is 1. The maximum atomic E-state index is 11.0. The SMILES string of the molecule is O=[N+]([O-])c1c(CCCO)cc(Cl)c2nonc12. The molecule has 0 saturated heterocycles.